The molecule has 0 aliphatic heterocycles. The third kappa shape index (κ3) is 3.49. The van der Waals surface area contributed by atoms with Crippen molar-refractivity contribution in [2.24, 2.45) is 5.92 Å². The SMILES string of the molecule is CCC(CC)C(C)Nc1ccc(C(C)=O)c(N)c1. The van der Waals surface area contributed by atoms with Crippen LogP contribution in [0.1, 0.15) is 50.9 Å². The molecule has 3 heteroatoms. The van der Waals surface area contributed by atoms with Crippen LogP contribution in [-0.2, 0) is 0 Å². The van der Waals surface area contributed by atoms with Crippen LogP contribution in [0, 0.1) is 5.92 Å². The number of Topliss-reactive ketones (excluding diaryl/α,β-unsaturated/α-hetero) is 1. The Hall–Kier alpha value is -1.51. The number of nitrogens with one attached hydrogen (secondary N) is 1. The summed E-state index contributed by atoms with van der Waals surface area (Å²) in [5, 5.41) is 3.46. The van der Waals surface area contributed by atoms with Gasteiger partial charge in [-0.1, -0.05) is 26.7 Å². The van der Waals surface area contributed by atoms with Crippen molar-refractivity contribution in [3.63, 3.8) is 0 Å². The van der Waals surface area contributed by atoms with Crippen molar-refractivity contribution in [3.05, 3.63) is 23.8 Å². The van der Waals surface area contributed by atoms with Crippen LogP contribution >= 0.6 is 0 Å². The smallest absolute Gasteiger partial charge is 0.161 e. The maximum atomic E-state index is 11.3. The zero-order valence-electron chi connectivity index (χ0n) is 11.8. The summed E-state index contributed by atoms with van der Waals surface area (Å²) in [6.45, 7) is 8.14. The van der Waals surface area contributed by atoms with Gasteiger partial charge in [-0.2, -0.15) is 0 Å². The first-order chi connectivity index (χ1) is 8.49. The van der Waals surface area contributed by atoms with Gasteiger partial charge in [-0.05, 0) is 38.0 Å². The molecule has 1 unspecified atom stereocenters. The van der Waals surface area contributed by atoms with E-state index >= 15 is 0 Å². The van der Waals surface area contributed by atoms with Crippen LogP contribution in [0.4, 0.5) is 11.4 Å². The summed E-state index contributed by atoms with van der Waals surface area (Å²) in [7, 11) is 0. The fourth-order valence-corrected chi connectivity index (χ4v) is 2.35. The van der Waals surface area contributed by atoms with Crippen molar-refractivity contribution in [3.8, 4) is 0 Å². The van der Waals surface area contributed by atoms with Crippen LogP contribution in [0.15, 0.2) is 18.2 Å². The Morgan fingerprint density at radius 3 is 2.39 bits per heavy atom. The summed E-state index contributed by atoms with van der Waals surface area (Å²) in [5.74, 6) is 0.658. The first-order valence-electron chi connectivity index (χ1n) is 6.66. The Labute approximate surface area is 110 Å². The Kier molecular flexibility index (Phi) is 5.20. The van der Waals surface area contributed by atoms with E-state index in [0.717, 1.165) is 18.5 Å². The van der Waals surface area contributed by atoms with E-state index in [9.17, 15) is 4.79 Å². The minimum absolute atomic E-state index is 0.00657. The van der Waals surface area contributed by atoms with Gasteiger partial charge in [0.25, 0.3) is 0 Å². The molecule has 1 aromatic rings. The first-order valence-corrected chi connectivity index (χ1v) is 6.66. The van der Waals surface area contributed by atoms with Gasteiger partial charge in [-0.25, -0.2) is 0 Å². The van der Waals surface area contributed by atoms with Crippen molar-refractivity contribution in [1.82, 2.24) is 0 Å². The highest BCUT2D eigenvalue weighted by Crippen LogP contribution is 2.22. The van der Waals surface area contributed by atoms with E-state index in [2.05, 4.69) is 26.1 Å². The molecule has 100 valence electrons. The van der Waals surface area contributed by atoms with Crippen LogP contribution in [0.2, 0.25) is 0 Å². The molecule has 1 aromatic carbocycles. The summed E-state index contributed by atoms with van der Waals surface area (Å²) < 4.78 is 0. The lowest BCUT2D eigenvalue weighted by Crippen LogP contribution is -2.25. The number of nitrogen functional groups attached to an aromatic ring is 1. The molecule has 18 heavy (non-hydrogen) atoms. The van der Waals surface area contributed by atoms with Gasteiger partial charge in [0.15, 0.2) is 5.78 Å². The van der Waals surface area contributed by atoms with Crippen molar-refractivity contribution in [1.29, 1.82) is 0 Å². The summed E-state index contributed by atoms with van der Waals surface area (Å²) in [4.78, 5) is 11.3. The van der Waals surface area contributed by atoms with E-state index in [0.29, 0.717) is 23.2 Å². The molecule has 0 radical (unpaired) electrons. The lowest BCUT2D eigenvalue weighted by Gasteiger charge is -2.24. The molecule has 0 saturated heterocycles. The maximum Gasteiger partial charge on any atom is 0.161 e. The highest BCUT2D eigenvalue weighted by Gasteiger charge is 2.13. The highest BCUT2D eigenvalue weighted by molar-refractivity contribution is 5.99. The number of ketones is 1. The molecule has 0 saturated carbocycles. The van der Waals surface area contributed by atoms with E-state index in [-0.39, 0.29) is 5.78 Å². The van der Waals surface area contributed by atoms with Gasteiger partial charge in [-0.15, -0.1) is 0 Å². The quantitative estimate of drug-likeness (QED) is 0.596. The molecule has 3 nitrogen and oxygen atoms in total. The number of carbonyl (C=O) groups is 1. The topological polar surface area (TPSA) is 55.1 Å². The molecule has 0 spiro atoms. The van der Waals surface area contributed by atoms with Gasteiger partial charge in [0.2, 0.25) is 0 Å². The number of nitrogens with two attached hydrogens (primary N) is 1. The van der Waals surface area contributed by atoms with Crippen molar-refractivity contribution < 1.29 is 4.79 Å². The van der Waals surface area contributed by atoms with Crippen LogP contribution < -0.4 is 11.1 Å². The zero-order chi connectivity index (χ0) is 13.7. The predicted octanol–water partition coefficient (Wildman–Crippen LogP) is 3.71. The number of anilines is 2. The summed E-state index contributed by atoms with van der Waals surface area (Å²) in [6, 6.07) is 5.96. The van der Waals surface area contributed by atoms with Crippen molar-refractivity contribution >= 4 is 17.2 Å². The Balaban J connectivity index is 2.80. The predicted molar refractivity (Wildman–Crippen MR) is 78.0 cm³/mol. The summed E-state index contributed by atoms with van der Waals surface area (Å²) in [6.07, 6.45) is 2.32. The second kappa shape index (κ2) is 6.43. The molecular weight excluding hydrogens is 224 g/mol. The van der Waals surface area contributed by atoms with E-state index in [1.54, 1.807) is 6.07 Å². The van der Waals surface area contributed by atoms with Crippen LogP contribution in [0.3, 0.4) is 0 Å². The minimum atomic E-state index is 0.00657. The normalized spacial score (nSPS) is 12.5. The molecule has 1 atom stereocenters. The Bertz CT molecular complexity index is 411. The number of hydrogen-bond donors (Lipinski definition) is 2. The number of hydrogen-bond acceptors (Lipinski definition) is 3. The van der Waals surface area contributed by atoms with E-state index in [4.69, 9.17) is 5.73 Å². The molecule has 0 bridgehead atoms. The standard InChI is InChI=1S/C15H24N2O/c1-5-12(6-2)10(3)17-13-7-8-14(11(4)18)15(16)9-13/h7-10,12,17H,5-6,16H2,1-4H3. The van der Waals surface area contributed by atoms with Gasteiger partial charge in [0, 0.05) is 23.0 Å². The summed E-state index contributed by atoms with van der Waals surface area (Å²) in [5.41, 5.74) is 8.00. The monoisotopic (exact) mass is 248 g/mol. The maximum absolute atomic E-state index is 11.3. The molecular formula is C15H24N2O. The zero-order valence-corrected chi connectivity index (χ0v) is 11.8. The average Bonchev–Trinajstić information content (AvgIpc) is 2.30. The van der Waals surface area contributed by atoms with Gasteiger partial charge >= 0.3 is 0 Å². The Morgan fingerprint density at radius 2 is 1.94 bits per heavy atom. The van der Waals surface area contributed by atoms with Gasteiger partial charge < -0.3 is 11.1 Å². The number of benzene rings is 1. The second-order valence-electron chi connectivity index (χ2n) is 4.87. The highest BCUT2D eigenvalue weighted by atomic mass is 16.1. The molecule has 0 aromatic heterocycles. The van der Waals surface area contributed by atoms with Crippen molar-refractivity contribution in [2.45, 2.75) is 46.6 Å². The fraction of sp³-hybridized carbons (Fsp3) is 0.533. The molecule has 0 fully saturated rings. The number of carbonyl (C=O) groups excluding carboxylic acids is 1. The van der Waals surface area contributed by atoms with E-state index in [1.807, 2.05) is 12.1 Å². The van der Waals surface area contributed by atoms with Gasteiger partial charge in [0.05, 0.1) is 0 Å². The Morgan fingerprint density at radius 1 is 1.33 bits per heavy atom. The molecule has 0 aliphatic carbocycles. The second-order valence-corrected chi connectivity index (χ2v) is 4.87. The minimum Gasteiger partial charge on any atom is -0.398 e. The molecule has 1 rings (SSSR count). The van der Waals surface area contributed by atoms with Crippen LogP contribution in [-0.4, -0.2) is 11.8 Å². The van der Waals surface area contributed by atoms with Gasteiger partial charge in [-0.3, -0.25) is 4.79 Å². The largest absolute Gasteiger partial charge is 0.398 e. The number of rotatable bonds is 6. The van der Waals surface area contributed by atoms with Crippen molar-refractivity contribution in [2.75, 3.05) is 11.1 Å². The lowest BCUT2D eigenvalue weighted by molar-refractivity contribution is 0.101. The third-order valence-corrected chi connectivity index (χ3v) is 3.58. The van der Waals surface area contributed by atoms with Gasteiger partial charge in [0.1, 0.15) is 0 Å². The van der Waals surface area contributed by atoms with E-state index in [1.165, 1.54) is 6.92 Å². The van der Waals surface area contributed by atoms with Crippen LogP contribution in [0.5, 0.6) is 0 Å². The third-order valence-electron chi connectivity index (χ3n) is 3.58. The molecule has 3 N–H and O–H groups in total. The molecule has 0 aliphatic rings. The molecule has 0 amide bonds. The summed E-state index contributed by atoms with van der Waals surface area (Å²) >= 11 is 0. The molecule has 0 heterocycles. The lowest BCUT2D eigenvalue weighted by atomic mass is 9.95. The first kappa shape index (κ1) is 14.6. The average molecular weight is 248 g/mol. The fourth-order valence-electron chi connectivity index (χ4n) is 2.35. The van der Waals surface area contributed by atoms with E-state index < -0.39 is 0 Å². The van der Waals surface area contributed by atoms with Crippen LogP contribution in [0.25, 0.3) is 0 Å².